The van der Waals surface area contributed by atoms with Gasteiger partial charge in [0, 0.05) is 13.1 Å². The van der Waals surface area contributed by atoms with Crippen LogP contribution in [-0.2, 0) is 14.3 Å². The molecule has 2 rings (SSSR count). The summed E-state index contributed by atoms with van der Waals surface area (Å²) in [7, 11) is 0. The van der Waals surface area contributed by atoms with Crippen LogP contribution < -0.4 is 4.74 Å². The van der Waals surface area contributed by atoms with Gasteiger partial charge in [-0.1, -0.05) is 11.6 Å². The minimum absolute atomic E-state index is 0.166. The number of esters is 1. The molecule has 1 saturated heterocycles. The highest BCUT2D eigenvalue weighted by molar-refractivity contribution is 6.32. The molecule has 0 bridgehead atoms. The summed E-state index contributed by atoms with van der Waals surface area (Å²) >= 11 is 6.01. The maximum atomic E-state index is 12.3. The van der Waals surface area contributed by atoms with Gasteiger partial charge in [0.2, 0.25) is 0 Å². The molecule has 1 atom stereocenters. The van der Waals surface area contributed by atoms with Gasteiger partial charge in [-0.3, -0.25) is 9.59 Å². The molecule has 6 nitrogen and oxygen atoms in total. The lowest BCUT2D eigenvalue weighted by Gasteiger charge is -2.31. The van der Waals surface area contributed by atoms with E-state index in [1.165, 1.54) is 6.07 Å². The van der Waals surface area contributed by atoms with Gasteiger partial charge in [-0.05, 0) is 38.0 Å². The molecule has 0 radical (unpaired) electrons. The standard InChI is InChI=1S/C17H19ClN2O4/c1-2-23-17(22)13-4-3-7-20(10-13)16(21)11-24-15-6-5-12(9-19)8-14(15)18/h5-6,8,13H,2-4,7,10-11H2,1H3. The number of carbonyl (C=O) groups is 2. The number of nitriles is 1. The van der Waals surface area contributed by atoms with E-state index in [0.717, 1.165) is 12.8 Å². The van der Waals surface area contributed by atoms with E-state index in [1.54, 1.807) is 24.0 Å². The van der Waals surface area contributed by atoms with E-state index in [2.05, 4.69) is 0 Å². The van der Waals surface area contributed by atoms with Gasteiger partial charge < -0.3 is 14.4 Å². The van der Waals surface area contributed by atoms with Crippen molar-refractivity contribution in [3.8, 4) is 11.8 Å². The second-order valence-electron chi connectivity index (χ2n) is 5.48. The molecule has 1 aromatic carbocycles. The highest BCUT2D eigenvalue weighted by Gasteiger charge is 2.29. The van der Waals surface area contributed by atoms with Gasteiger partial charge in [0.05, 0.1) is 29.2 Å². The average molecular weight is 351 g/mol. The number of halogens is 1. The number of ether oxygens (including phenoxy) is 2. The van der Waals surface area contributed by atoms with E-state index in [4.69, 9.17) is 26.3 Å². The molecule has 1 fully saturated rings. The van der Waals surface area contributed by atoms with Crippen molar-refractivity contribution in [2.45, 2.75) is 19.8 Å². The maximum Gasteiger partial charge on any atom is 0.310 e. The largest absolute Gasteiger partial charge is 0.482 e. The van der Waals surface area contributed by atoms with E-state index in [-0.39, 0.29) is 29.4 Å². The quantitative estimate of drug-likeness (QED) is 0.762. The third kappa shape index (κ3) is 4.62. The van der Waals surface area contributed by atoms with Crippen LogP contribution in [0.3, 0.4) is 0 Å². The number of hydrogen-bond acceptors (Lipinski definition) is 5. The summed E-state index contributed by atoms with van der Waals surface area (Å²) < 4.78 is 10.5. The molecule has 0 aliphatic carbocycles. The third-order valence-electron chi connectivity index (χ3n) is 3.81. The number of nitrogens with zero attached hydrogens (tertiary/aromatic N) is 2. The Labute approximate surface area is 145 Å². The first-order valence-electron chi connectivity index (χ1n) is 7.82. The average Bonchev–Trinajstić information content (AvgIpc) is 2.60. The van der Waals surface area contributed by atoms with Crippen LogP contribution >= 0.6 is 11.6 Å². The minimum atomic E-state index is -0.277. The van der Waals surface area contributed by atoms with Gasteiger partial charge in [-0.15, -0.1) is 0 Å². The first-order chi connectivity index (χ1) is 11.5. The Morgan fingerprint density at radius 1 is 1.46 bits per heavy atom. The zero-order chi connectivity index (χ0) is 17.5. The van der Waals surface area contributed by atoms with Gasteiger partial charge in [0.25, 0.3) is 5.91 Å². The van der Waals surface area contributed by atoms with Crippen LogP contribution in [0, 0.1) is 17.2 Å². The van der Waals surface area contributed by atoms with E-state index in [1.807, 2.05) is 6.07 Å². The lowest BCUT2D eigenvalue weighted by Crippen LogP contribution is -2.44. The Hall–Kier alpha value is -2.26. The second-order valence-corrected chi connectivity index (χ2v) is 5.88. The van der Waals surface area contributed by atoms with Crippen molar-refractivity contribution in [3.63, 3.8) is 0 Å². The molecule has 128 valence electrons. The molecular formula is C17H19ClN2O4. The van der Waals surface area contributed by atoms with Crippen molar-refractivity contribution in [3.05, 3.63) is 28.8 Å². The Bertz CT molecular complexity index is 656. The van der Waals surface area contributed by atoms with Crippen LogP contribution in [0.5, 0.6) is 5.75 Å². The first kappa shape index (κ1) is 18.1. The summed E-state index contributed by atoms with van der Waals surface area (Å²) in [5, 5.41) is 9.08. The summed E-state index contributed by atoms with van der Waals surface area (Å²) in [4.78, 5) is 25.7. The van der Waals surface area contributed by atoms with Crippen molar-refractivity contribution < 1.29 is 19.1 Å². The summed E-state index contributed by atoms with van der Waals surface area (Å²) in [5.41, 5.74) is 0.423. The molecule has 7 heteroatoms. The fourth-order valence-electron chi connectivity index (χ4n) is 2.57. The molecule has 1 amide bonds. The van der Waals surface area contributed by atoms with Gasteiger partial charge in [0.1, 0.15) is 5.75 Å². The monoisotopic (exact) mass is 350 g/mol. The molecule has 1 aliphatic heterocycles. The Balaban J connectivity index is 1.90. The second kappa shape index (κ2) is 8.55. The minimum Gasteiger partial charge on any atom is -0.482 e. The predicted octanol–water partition coefficient (Wildman–Crippen LogP) is 2.39. The highest BCUT2D eigenvalue weighted by atomic mass is 35.5. The van der Waals surface area contributed by atoms with Gasteiger partial charge in [-0.25, -0.2) is 0 Å². The number of benzene rings is 1. The van der Waals surface area contributed by atoms with Gasteiger partial charge in [0.15, 0.2) is 6.61 Å². The van der Waals surface area contributed by atoms with Gasteiger partial charge in [-0.2, -0.15) is 5.26 Å². The van der Waals surface area contributed by atoms with E-state index < -0.39 is 0 Å². The van der Waals surface area contributed by atoms with Crippen LogP contribution in [0.2, 0.25) is 5.02 Å². The van der Waals surface area contributed by atoms with Crippen LogP contribution in [0.4, 0.5) is 0 Å². The van der Waals surface area contributed by atoms with Gasteiger partial charge >= 0.3 is 5.97 Å². The van der Waals surface area contributed by atoms with Crippen LogP contribution in [0.15, 0.2) is 18.2 Å². The molecule has 1 aliphatic rings. The number of carbonyl (C=O) groups excluding carboxylic acids is 2. The smallest absolute Gasteiger partial charge is 0.310 e. The molecule has 0 N–H and O–H groups in total. The molecule has 1 heterocycles. The number of hydrogen-bond donors (Lipinski definition) is 0. The molecule has 0 aromatic heterocycles. The summed E-state index contributed by atoms with van der Waals surface area (Å²) in [6.07, 6.45) is 1.48. The zero-order valence-electron chi connectivity index (χ0n) is 13.5. The van der Waals surface area contributed by atoms with Crippen LogP contribution in [0.1, 0.15) is 25.3 Å². The Kier molecular flexibility index (Phi) is 6.44. The fraction of sp³-hybridized carbons (Fsp3) is 0.471. The normalized spacial score (nSPS) is 17.0. The van der Waals surface area contributed by atoms with E-state index in [0.29, 0.717) is 31.0 Å². The number of amides is 1. The number of piperidine rings is 1. The van der Waals surface area contributed by atoms with Crippen LogP contribution in [0.25, 0.3) is 0 Å². The Morgan fingerprint density at radius 2 is 2.25 bits per heavy atom. The van der Waals surface area contributed by atoms with Crippen molar-refractivity contribution in [2.75, 3.05) is 26.3 Å². The van der Waals surface area contributed by atoms with Crippen molar-refractivity contribution in [1.82, 2.24) is 4.90 Å². The molecule has 0 spiro atoms. The fourth-order valence-corrected chi connectivity index (χ4v) is 2.81. The molecule has 0 saturated carbocycles. The Morgan fingerprint density at radius 3 is 2.92 bits per heavy atom. The predicted molar refractivity (Wildman–Crippen MR) is 87.6 cm³/mol. The SMILES string of the molecule is CCOC(=O)C1CCCN(C(=O)COc2ccc(C#N)cc2Cl)C1. The summed E-state index contributed by atoms with van der Waals surface area (Å²) in [6.45, 7) is 2.88. The maximum absolute atomic E-state index is 12.3. The summed E-state index contributed by atoms with van der Waals surface area (Å²) in [6, 6.07) is 6.60. The third-order valence-corrected chi connectivity index (χ3v) is 4.10. The lowest BCUT2D eigenvalue weighted by molar-refractivity contribution is -0.151. The van der Waals surface area contributed by atoms with Crippen molar-refractivity contribution in [1.29, 1.82) is 5.26 Å². The van der Waals surface area contributed by atoms with Crippen LogP contribution in [-0.4, -0.2) is 43.1 Å². The van der Waals surface area contributed by atoms with Crippen molar-refractivity contribution >= 4 is 23.5 Å². The zero-order valence-corrected chi connectivity index (χ0v) is 14.2. The molecule has 24 heavy (non-hydrogen) atoms. The first-order valence-corrected chi connectivity index (χ1v) is 8.19. The van der Waals surface area contributed by atoms with E-state index in [9.17, 15) is 9.59 Å². The number of likely N-dealkylation sites (tertiary alicyclic amines) is 1. The summed E-state index contributed by atoms with van der Waals surface area (Å²) in [5.74, 6) is -0.389. The van der Waals surface area contributed by atoms with E-state index >= 15 is 0 Å². The molecule has 1 aromatic rings. The molecule has 1 unspecified atom stereocenters. The molecular weight excluding hydrogens is 332 g/mol. The highest BCUT2D eigenvalue weighted by Crippen LogP contribution is 2.25. The number of rotatable bonds is 5. The topological polar surface area (TPSA) is 79.6 Å². The van der Waals surface area contributed by atoms with Crippen molar-refractivity contribution in [2.24, 2.45) is 5.92 Å². The lowest BCUT2D eigenvalue weighted by atomic mass is 9.98.